The number of ether oxygens (including phenoxy) is 1. The number of aromatic nitrogens is 3. The molecule has 0 radical (unpaired) electrons. The number of thioether (sulfide) groups is 1. The molecule has 0 spiro atoms. The summed E-state index contributed by atoms with van der Waals surface area (Å²) in [7, 11) is 0. The molecule has 1 N–H and O–H groups in total. The maximum absolute atomic E-state index is 12.9. The standard InChI is InChI=1S/C27H26N4O3S/c1-18-8-7-11-24(16-18)34-17-25-29-30-27(31(25)23-9-5-4-6-10-23)35-20(3)26(33)28-22-14-12-21(13-15-22)19(2)32/h4-16,20H,17H2,1-3H3,(H,28,33)/t20-/m0/s1. The second-order valence-corrected chi connectivity index (χ2v) is 9.37. The van der Waals surface area contributed by atoms with Crippen LogP contribution in [-0.2, 0) is 11.4 Å². The lowest BCUT2D eigenvalue weighted by atomic mass is 10.1. The molecule has 35 heavy (non-hydrogen) atoms. The Hall–Kier alpha value is -3.91. The Morgan fingerprint density at radius 3 is 2.43 bits per heavy atom. The van der Waals surface area contributed by atoms with E-state index in [0.717, 1.165) is 17.0 Å². The molecule has 0 aliphatic rings. The van der Waals surface area contributed by atoms with E-state index in [-0.39, 0.29) is 18.3 Å². The van der Waals surface area contributed by atoms with Gasteiger partial charge in [-0.15, -0.1) is 10.2 Å². The van der Waals surface area contributed by atoms with E-state index in [1.165, 1.54) is 18.7 Å². The molecule has 0 saturated carbocycles. The molecule has 7 nitrogen and oxygen atoms in total. The predicted molar refractivity (Wildman–Crippen MR) is 137 cm³/mol. The number of ketones is 1. The normalized spacial score (nSPS) is 11.6. The molecule has 1 aromatic heterocycles. The van der Waals surface area contributed by atoms with E-state index in [1.54, 1.807) is 24.3 Å². The molecule has 1 amide bonds. The number of Topliss-reactive ketones (excluding diaryl/α,β-unsaturated/α-hetero) is 1. The van der Waals surface area contributed by atoms with Crippen LogP contribution in [0.4, 0.5) is 5.69 Å². The molecule has 4 aromatic rings. The van der Waals surface area contributed by atoms with E-state index in [2.05, 4.69) is 15.5 Å². The molecule has 0 aliphatic heterocycles. The Labute approximate surface area is 208 Å². The molecule has 1 heterocycles. The summed E-state index contributed by atoms with van der Waals surface area (Å²) in [6, 6.07) is 24.4. The van der Waals surface area contributed by atoms with Crippen LogP contribution in [-0.4, -0.2) is 31.7 Å². The van der Waals surface area contributed by atoms with Gasteiger partial charge in [0.2, 0.25) is 5.91 Å². The summed E-state index contributed by atoms with van der Waals surface area (Å²) in [6.07, 6.45) is 0. The van der Waals surface area contributed by atoms with Gasteiger partial charge in [0, 0.05) is 16.9 Å². The molecular weight excluding hydrogens is 460 g/mol. The second-order valence-electron chi connectivity index (χ2n) is 8.06. The number of rotatable bonds is 9. The fourth-order valence-electron chi connectivity index (χ4n) is 3.40. The van der Waals surface area contributed by atoms with E-state index in [9.17, 15) is 9.59 Å². The quantitative estimate of drug-likeness (QED) is 0.249. The highest BCUT2D eigenvalue weighted by Gasteiger charge is 2.21. The van der Waals surface area contributed by atoms with Crippen LogP contribution in [0.15, 0.2) is 84.0 Å². The fourth-order valence-corrected chi connectivity index (χ4v) is 4.29. The highest BCUT2D eigenvalue weighted by molar-refractivity contribution is 8.00. The van der Waals surface area contributed by atoms with Gasteiger partial charge in [0.05, 0.1) is 5.25 Å². The molecule has 0 saturated heterocycles. The first-order chi connectivity index (χ1) is 16.9. The molecule has 0 fully saturated rings. The second kappa shape index (κ2) is 11.0. The molecular formula is C27H26N4O3S. The van der Waals surface area contributed by atoms with Gasteiger partial charge in [-0.3, -0.25) is 14.2 Å². The molecule has 0 aliphatic carbocycles. The van der Waals surface area contributed by atoms with Crippen molar-refractivity contribution in [3.63, 3.8) is 0 Å². The van der Waals surface area contributed by atoms with Crippen molar-refractivity contribution in [3.05, 3.63) is 95.8 Å². The summed E-state index contributed by atoms with van der Waals surface area (Å²) in [4.78, 5) is 24.3. The van der Waals surface area contributed by atoms with Gasteiger partial charge in [0.1, 0.15) is 12.4 Å². The Morgan fingerprint density at radius 2 is 1.74 bits per heavy atom. The van der Waals surface area contributed by atoms with E-state index in [0.29, 0.717) is 22.2 Å². The largest absolute Gasteiger partial charge is 0.486 e. The number of carbonyl (C=O) groups is 2. The topological polar surface area (TPSA) is 86.1 Å². The van der Waals surface area contributed by atoms with Crippen LogP contribution in [0, 0.1) is 6.92 Å². The van der Waals surface area contributed by atoms with Gasteiger partial charge in [0.15, 0.2) is 16.8 Å². The summed E-state index contributed by atoms with van der Waals surface area (Å²) in [5.41, 5.74) is 3.22. The van der Waals surface area contributed by atoms with Crippen molar-refractivity contribution in [1.29, 1.82) is 0 Å². The van der Waals surface area contributed by atoms with Crippen LogP contribution >= 0.6 is 11.8 Å². The van der Waals surface area contributed by atoms with Gasteiger partial charge >= 0.3 is 0 Å². The number of anilines is 1. The highest BCUT2D eigenvalue weighted by Crippen LogP contribution is 2.27. The molecule has 178 valence electrons. The van der Waals surface area contributed by atoms with E-state index in [4.69, 9.17) is 4.74 Å². The van der Waals surface area contributed by atoms with Crippen molar-refractivity contribution < 1.29 is 14.3 Å². The maximum atomic E-state index is 12.9. The van der Waals surface area contributed by atoms with Crippen LogP contribution < -0.4 is 10.1 Å². The lowest BCUT2D eigenvalue weighted by molar-refractivity contribution is -0.115. The van der Waals surface area contributed by atoms with Gasteiger partial charge in [-0.1, -0.05) is 42.1 Å². The molecule has 0 unspecified atom stereocenters. The third-order valence-corrected chi connectivity index (χ3v) is 6.33. The lowest BCUT2D eigenvalue weighted by Crippen LogP contribution is -2.23. The van der Waals surface area contributed by atoms with Crippen molar-refractivity contribution in [1.82, 2.24) is 14.8 Å². The van der Waals surface area contributed by atoms with E-state index in [1.807, 2.05) is 73.0 Å². The number of hydrogen-bond acceptors (Lipinski definition) is 6. The fraction of sp³-hybridized carbons (Fsp3) is 0.185. The first kappa shape index (κ1) is 24.2. The van der Waals surface area contributed by atoms with Crippen LogP contribution in [0.2, 0.25) is 0 Å². The highest BCUT2D eigenvalue weighted by atomic mass is 32.2. The molecule has 8 heteroatoms. The number of para-hydroxylation sites is 1. The number of nitrogens with one attached hydrogen (secondary N) is 1. The first-order valence-corrected chi connectivity index (χ1v) is 12.1. The van der Waals surface area contributed by atoms with Gasteiger partial charge in [-0.25, -0.2) is 0 Å². The number of amides is 1. The van der Waals surface area contributed by atoms with E-state index < -0.39 is 5.25 Å². The third kappa shape index (κ3) is 6.16. The zero-order valence-electron chi connectivity index (χ0n) is 19.8. The zero-order valence-corrected chi connectivity index (χ0v) is 20.6. The minimum atomic E-state index is -0.445. The number of benzene rings is 3. The van der Waals surface area contributed by atoms with Crippen LogP contribution in [0.5, 0.6) is 5.75 Å². The van der Waals surface area contributed by atoms with Gasteiger partial charge in [0.25, 0.3) is 0 Å². The third-order valence-electron chi connectivity index (χ3n) is 5.28. The number of carbonyl (C=O) groups excluding carboxylic acids is 2. The maximum Gasteiger partial charge on any atom is 0.237 e. The Morgan fingerprint density at radius 1 is 1.00 bits per heavy atom. The Kier molecular flexibility index (Phi) is 7.62. The molecule has 0 bridgehead atoms. The monoisotopic (exact) mass is 486 g/mol. The van der Waals surface area contributed by atoms with Crippen LogP contribution in [0.3, 0.4) is 0 Å². The van der Waals surface area contributed by atoms with Crippen molar-refractivity contribution in [2.24, 2.45) is 0 Å². The summed E-state index contributed by atoms with van der Waals surface area (Å²) in [6.45, 7) is 5.57. The van der Waals surface area contributed by atoms with E-state index >= 15 is 0 Å². The minimum absolute atomic E-state index is 0.0192. The average Bonchev–Trinajstić information content (AvgIpc) is 3.26. The smallest absolute Gasteiger partial charge is 0.237 e. The minimum Gasteiger partial charge on any atom is -0.486 e. The summed E-state index contributed by atoms with van der Waals surface area (Å²) >= 11 is 1.31. The summed E-state index contributed by atoms with van der Waals surface area (Å²) in [5.74, 6) is 1.19. The average molecular weight is 487 g/mol. The van der Waals surface area contributed by atoms with Crippen molar-refractivity contribution in [2.45, 2.75) is 37.8 Å². The van der Waals surface area contributed by atoms with Crippen molar-refractivity contribution >= 4 is 29.1 Å². The Balaban J connectivity index is 1.51. The van der Waals surface area contributed by atoms with Crippen LogP contribution in [0.25, 0.3) is 5.69 Å². The lowest BCUT2D eigenvalue weighted by Gasteiger charge is -2.14. The number of nitrogens with zero attached hydrogens (tertiary/aromatic N) is 3. The van der Waals surface area contributed by atoms with Gasteiger partial charge in [-0.2, -0.15) is 0 Å². The van der Waals surface area contributed by atoms with Crippen molar-refractivity contribution in [3.8, 4) is 11.4 Å². The summed E-state index contributed by atoms with van der Waals surface area (Å²) in [5, 5.41) is 11.8. The first-order valence-electron chi connectivity index (χ1n) is 11.2. The number of aryl methyl sites for hydroxylation is 1. The van der Waals surface area contributed by atoms with Crippen LogP contribution in [0.1, 0.15) is 35.6 Å². The molecule has 3 aromatic carbocycles. The Bertz CT molecular complexity index is 1320. The predicted octanol–water partition coefficient (Wildman–Crippen LogP) is 5.48. The van der Waals surface area contributed by atoms with Gasteiger partial charge < -0.3 is 10.1 Å². The van der Waals surface area contributed by atoms with Crippen molar-refractivity contribution in [2.75, 3.05) is 5.32 Å². The molecule has 1 atom stereocenters. The SMILES string of the molecule is CC(=O)c1ccc(NC(=O)[C@H](C)Sc2nnc(COc3cccc(C)c3)n2-c2ccccc2)cc1. The zero-order chi connectivity index (χ0) is 24.8. The van der Waals surface area contributed by atoms with Gasteiger partial charge in [-0.05, 0) is 74.9 Å². The summed E-state index contributed by atoms with van der Waals surface area (Å²) < 4.78 is 7.88. The number of hydrogen-bond donors (Lipinski definition) is 1. The molecule has 4 rings (SSSR count).